The number of nitrogens with two attached hydrogens (primary N) is 1. The molecule has 1 aromatic heterocycles. The van der Waals surface area contributed by atoms with Gasteiger partial charge < -0.3 is 5.73 Å². The smallest absolute Gasteiger partial charge is 0.142 e. The van der Waals surface area contributed by atoms with Crippen molar-refractivity contribution in [2.24, 2.45) is 0 Å². The van der Waals surface area contributed by atoms with Crippen molar-refractivity contribution in [1.82, 2.24) is 9.97 Å². The van der Waals surface area contributed by atoms with Crippen molar-refractivity contribution in [2.75, 3.05) is 5.73 Å². The van der Waals surface area contributed by atoms with Crippen molar-refractivity contribution in [2.45, 2.75) is 13.3 Å². The first-order chi connectivity index (χ1) is 6.75. The highest BCUT2D eigenvalue weighted by Crippen LogP contribution is 2.33. The van der Waals surface area contributed by atoms with Crippen molar-refractivity contribution in [3.8, 4) is 0 Å². The molecule has 2 rings (SSSR count). The molecular weight excluding hydrogens is 194 g/mol. The molecule has 1 aliphatic rings. The minimum Gasteiger partial charge on any atom is -0.382 e. The summed E-state index contributed by atoms with van der Waals surface area (Å²) in [7, 11) is 0. The van der Waals surface area contributed by atoms with Crippen molar-refractivity contribution in [1.29, 1.82) is 0 Å². The van der Waals surface area contributed by atoms with Gasteiger partial charge in [0.2, 0.25) is 0 Å². The molecule has 72 valence electrons. The normalized spacial score (nSPS) is 16.1. The van der Waals surface area contributed by atoms with Gasteiger partial charge in [-0.3, -0.25) is 4.98 Å². The van der Waals surface area contributed by atoms with Gasteiger partial charge in [0, 0.05) is 4.91 Å². The molecule has 1 aromatic rings. The van der Waals surface area contributed by atoms with E-state index in [-0.39, 0.29) is 0 Å². The standard InChI is InChI=1S/C10H11N3S/c1-7-2-3-9(14-6-7)8-4-12-5-10(11)13-8/h3-6H,2H2,1H3,(H2,11,13). The van der Waals surface area contributed by atoms with Gasteiger partial charge in [-0.1, -0.05) is 23.4 Å². The summed E-state index contributed by atoms with van der Waals surface area (Å²) in [6, 6.07) is 0. The Morgan fingerprint density at radius 1 is 1.43 bits per heavy atom. The van der Waals surface area contributed by atoms with Gasteiger partial charge in [-0.05, 0) is 18.8 Å². The second kappa shape index (κ2) is 3.84. The SMILES string of the molecule is CC1=CSC(c2cncc(N)n2)=CC1. The Balaban J connectivity index is 2.25. The lowest BCUT2D eigenvalue weighted by Gasteiger charge is -2.09. The summed E-state index contributed by atoms with van der Waals surface area (Å²) < 4.78 is 0. The van der Waals surface area contributed by atoms with Crippen molar-refractivity contribution in [3.05, 3.63) is 35.1 Å². The van der Waals surface area contributed by atoms with Crippen LogP contribution in [0, 0.1) is 0 Å². The lowest BCUT2D eigenvalue weighted by molar-refractivity contribution is 1.17. The van der Waals surface area contributed by atoms with E-state index in [0.29, 0.717) is 5.82 Å². The number of anilines is 1. The average Bonchev–Trinajstić information content (AvgIpc) is 2.19. The number of hydrogen-bond donors (Lipinski definition) is 1. The minimum atomic E-state index is 0.468. The van der Waals surface area contributed by atoms with Gasteiger partial charge in [0.05, 0.1) is 18.1 Å². The summed E-state index contributed by atoms with van der Waals surface area (Å²) in [6.45, 7) is 2.12. The molecule has 1 aliphatic heterocycles. The van der Waals surface area contributed by atoms with Gasteiger partial charge in [0.15, 0.2) is 0 Å². The topological polar surface area (TPSA) is 51.8 Å². The Morgan fingerprint density at radius 3 is 2.93 bits per heavy atom. The molecule has 4 heteroatoms. The van der Waals surface area contributed by atoms with E-state index in [9.17, 15) is 0 Å². The van der Waals surface area contributed by atoms with Crippen LogP contribution >= 0.6 is 11.8 Å². The molecule has 0 saturated carbocycles. The van der Waals surface area contributed by atoms with E-state index < -0.39 is 0 Å². The van der Waals surface area contributed by atoms with Crippen LogP contribution in [0.25, 0.3) is 4.91 Å². The first-order valence-corrected chi connectivity index (χ1v) is 5.24. The molecule has 14 heavy (non-hydrogen) atoms. The Morgan fingerprint density at radius 2 is 2.29 bits per heavy atom. The molecule has 2 heterocycles. The third-order valence-electron chi connectivity index (χ3n) is 1.90. The fourth-order valence-corrected chi connectivity index (χ4v) is 2.00. The van der Waals surface area contributed by atoms with Crippen molar-refractivity contribution >= 4 is 22.5 Å². The number of allylic oxidation sites excluding steroid dienone is 2. The molecule has 0 aliphatic carbocycles. The van der Waals surface area contributed by atoms with E-state index in [1.165, 1.54) is 5.57 Å². The fraction of sp³-hybridized carbons (Fsp3) is 0.200. The van der Waals surface area contributed by atoms with Gasteiger partial charge in [-0.25, -0.2) is 4.98 Å². The van der Waals surface area contributed by atoms with Crippen LogP contribution < -0.4 is 5.73 Å². The summed E-state index contributed by atoms with van der Waals surface area (Å²) in [5, 5.41) is 2.14. The largest absolute Gasteiger partial charge is 0.382 e. The maximum atomic E-state index is 5.57. The second-order valence-corrected chi connectivity index (χ2v) is 4.09. The predicted molar refractivity (Wildman–Crippen MR) is 60.4 cm³/mol. The highest BCUT2D eigenvalue weighted by Gasteiger charge is 2.07. The molecule has 0 saturated heterocycles. The van der Waals surface area contributed by atoms with Gasteiger partial charge in [0.25, 0.3) is 0 Å². The van der Waals surface area contributed by atoms with E-state index in [2.05, 4.69) is 28.4 Å². The summed E-state index contributed by atoms with van der Waals surface area (Å²) in [5.74, 6) is 0.468. The highest BCUT2D eigenvalue weighted by molar-refractivity contribution is 8.11. The van der Waals surface area contributed by atoms with Crippen molar-refractivity contribution in [3.63, 3.8) is 0 Å². The molecule has 2 N–H and O–H groups in total. The molecule has 3 nitrogen and oxygen atoms in total. The molecule has 0 amide bonds. The molecule has 0 bridgehead atoms. The number of nitrogens with zero attached hydrogens (tertiary/aromatic N) is 2. The summed E-state index contributed by atoms with van der Waals surface area (Å²) in [4.78, 5) is 9.37. The van der Waals surface area contributed by atoms with E-state index in [4.69, 9.17) is 5.73 Å². The molecule has 0 fully saturated rings. The van der Waals surface area contributed by atoms with E-state index in [1.54, 1.807) is 24.2 Å². The number of nitrogen functional groups attached to an aromatic ring is 1. The Kier molecular flexibility index (Phi) is 2.54. The molecule has 0 radical (unpaired) electrons. The summed E-state index contributed by atoms with van der Waals surface area (Å²) in [5.41, 5.74) is 7.80. The minimum absolute atomic E-state index is 0.468. The fourth-order valence-electron chi connectivity index (χ4n) is 1.18. The van der Waals surface area contributed by atoms with Crippen LogP contribution in [-0.2, 0) is 0 Å². The van der Waals surface area contributed by atoms with Crippen LogP contribution in [0.15, 0.2) is 29.5 Å². The predicted octanol–water partition coefficient (Wildman–Crippen LogP) is 2.44. The number of hydrogen-bond acceptors (Lipinski definition) is 4. The Bertz CT molecular complexity index is 410. The van der Waals surface area contributed by atoms with Crippen LogP contribution in [0.3, 0.4) is 0 Å². The van der Waals surface area contributed by atoms with Gasteiger partial charge in [0.1, 0.15) is 5.82 Å². The van der Waals surface area contributed by atoms with Crippen LogP contribution in [0.4, 0.5) is 5.82 Å². The zero-order chi connectivity index (χ0) is 9.97. The molecular formula is C10H11N3S. The first kappa shape index (κ1) is 9.27. The lowest BCUT2D eigenvalue weighted by Crippen LogP contribution is -1.96. The first-order valence-electron chi connectivity index (χ1n) is 4.36. The van der Waals surface area contributed by atoms with Gasteiger partial charge in [-0.2, -0.15) is 0 Å². The third-order valence-corrected chi connectivity index (χ3v) is 3.05. The molecule has 0 unspecified atom stereocenters. The van der Waals surface area contributed by atoms with Crippen LogP contribution in [0.1, 0.15) is 19.0 Å². The maximum Gasteiger partial charge on any atom is 0.142 e. The highest BCUT2D eigenvalue weighted by atomic mass is 32.2. The number of aromatic nitrogens is 2. The quantitative estimate of drug-likeness (QED) is 0.765. The average molecular weight is 205 g/mol. The zero-order valence-electron chi connectivity index (χ0n) is 7.90. The summed E-state index contributed by atoms with van der Waals surface area (Å²) in [6.07, 6.45) is 6.44. The van der Waals surface area contributed by atoms with Gasteiger partial charge in [-0.15, -0.1) is 0 Å². The molecule has 0 spiro atoms. The number of rotatable bonds is 1. The zero-order valence-corrected chi connectivity index (χ0v) is 8.71. The van der Waals surface area contributed by atoms with E-state index >= 15 is 0 Å². The van der Waals surface area contributed by atoms with Crippen LogP contribution in [0.2, 0.25) is 0 Å². The number of thioether (sulfide) groups is 1. The van der Waals surface area contributed by atoms with Crippen LogP contribution in [-0.4, -0.2) is 9.97 Å². The van der Waals surface area contributed by atoms with Crippen LogP contribution in [0.5, 0.6) is 0 Å². The van der Waals surface area contributed by atoms with E-state index in [0.717, 1.165) is 17.0 Å². The molecule has 0 atom stereocenters. The lowest BCUT2D eigenvalue weighted by atomic mass is 10.2. The summed E-state index contributed by atoms with van der Waals surface area (Å²) >= 11 is 1.67. The van der Waals surface area contributed by atoms with E-state index in [1.807, 2.05) is 0 Å². The molecule has 0 aromatic carbocycles. The van der Waals surface area contributed by atoms with Gasteiger partial charge >= 0.3 is 0 Å². The maximum absolute atomic E-state index is 5.57. The Hall–Kier alpha value is -1.29. The third kappa shape index (κ3) is 1.96. The monoisotopic (exact) mass is 205 g/mol. The second-order valence-electron chi connectivity index (χ2n) is 3.18. The van der Waals surface area contributed by atoms with Crippen molar-refractivity contribution < 1.29 is 0 Å². The Labute approximate surface area is 87.1 Å².